The summed E-state index contributed by atoms with van der Waals surface area (Å²) in [5, 5.41) is 11.2. The molecule has 0 radical (unpaired) electrons. The molecule has 0 aliphatic rings. The van der Waals surface area contributed by atoms with Crippen LogP contribution in [0.1, 0.15) is 16.9 Å². The van der Waals surface area contributed by atoms with Crippen LogP contribution in [0.4, 0.5) is 0 Å². The van der Waals surface area contributed by atoms with Gasteiger partial charge in [-0.1, -0.05) is 36.4 Å². The van der Waals surface area contributed by atoms with Gasteiger partial charge in [0.25, 0.3) is 5.91 Å². The highest BCUT2D eigenvalue weighted by Crippen LogP contribution is 2.17. The van der Waals surface area contributed by atoms with Crippen LogP contribution in [0.15, 0.2) is 71.8 Å². The Hall–Kier alpha value is -2.60. The second-order valence-electron chi connectivity index (χ2n) is 5.13. The summed E-state index contributed by atoms with van der Waals surface area (Å²) in [5.74, 6) is 0.767. The predicted molar refractivity (Wildman–Crippen MR) is 95.5 cm³/mol. The molecular formula is C18H18N4OS. The van der Waals surface area contributed by atoms with Gasteiger partial charge >= 0.3 is 0 Å². The van der Waals surface area contributed by atoms with Gasteiger partial charge < -0.3 is 5.32 Å². The molecule has 6 heteroatoms. The van der Waals surface area contributed by atoms with Crippen molar-refractivity contribution in [2.45, 2.75) is 11.3 Å². The fourth-order valence-corrected chi connectivity index (χ4v) is 3.00. The Balaban J connectivity index is 1.43. The zero-order valence-electron chi connectivity index (χ0n) is 13.1. The van der Waals surface area contributed by atoms with Crippen molar-refractivity contribution in [1.82, 2.24) is 20.3 Å². The summed E-state index contributed by atoms with van der Waals surface area (Å²) in [6.45, 7) is 0.622. The molecule has 0 spiro atoms. The first-order chi connectivity index (χ1) is 11.8. The fourth-order valence-electron chi connectivity index (χ4n) is 2.12. The second-order valence-corrected chi connectivity index (χ2v) is 6.29. The minimum atomic E-state index is -0.193. The molecule has 0 fully saturated rings. The summed E-state index contributed by atoms with van der Waals surface area (Å²) >= 11 is 1.79. The number of nitrogens with zero attached hydrogens (tertiary/aromatic N) is 3. The lowest BCUT2D eigenvalue weighted by Gasteiger charge is -2.03. The zero-order chi connectivity index (χ0) is 16.6. The van der Waals surface area contributed by atoms with E-state index in [1.807, 2.05) is 48.5 Å². The van der Waals surface area contributed by atoms with Crippen molar-refractivity contribution < 1.29 is 4.79 Å². The molecule has 0 saturated heterocycles. The van der Waals surface area contributed by atoms with Gasteiger partial charge in [-0.05, 0) is 36.4 Å². The number of aromatic nitrogens is 3. The molecule has 0 aliphatic carbocycles. The summed E-state index contributed by atoms with van der Waals surface area (Å²) in [6.07, 6.45) is 2.39. The predicted octanol–water partition coefficient (Wildman–Crippen LogP) is 3.18. The zero-order valence-corrected chi connectivity index (χ0v) is 13.9. The van der Waals surface area contributed by atoms with E-state index in [1.165, 1.54) is 15.9 Å². The van der Waals surface area contributed by atoms with Gasteiger partial charge in [-0.3, -0.25) is 4.79 Å². The monoisotopic (exact) mass is 338 g/mol. The molecule has 1 heterocycles. The van der Waals surface area contributed by atoms with Crippen LogP contribution in [0.2, 0.25) is 0 Å². The molecule has 0 unspecified atom stereocenters. The number of nitrogens with one attached hydrogen (secondary N) is 1. The fraction of sp³-hybridized carbons (Fsp3) is 0.167. The van der Waals surface area contributed by atoms with Gasteiger partial charge in [0.05, 0.1) is 11.9 Å². The molecule has 0 aliphatic heterocycles. The topological polar surface area (TPSA) is 59.8 Å². The summed E-state index contributed by atoms with van der Waals surface area (Å²) in [5.41, 5.74) is 1.16. The summed E-state index contributed by atoms with van der Waals surface area (Å²) in [7, 11) is 0. The first-order valence-corrected chi connectivity index (χ1v) is 8.75. The van der Waals surface area contributed by atoms with Gasteiger partial charge in [-0.2, -0.15) is 9.90 Å². The SMILES string of the molecule is O=C(NCCCSc1ccccc1)c1cnn(-c2ccccc2)n1. The molecule has 2 aromatic carbocycles. The lowest BCUT2D eigenvalue weighted by Crippen LogP contribution is -2.25. The van der Waals surface area contributed by atoms with Gasteiger partial charge in [-0.25, -0.2) is 0 Å². The van der Waals surface area contributed by atoms with Gasteiger partial charge in [0.15, 0.2) is 5.69 Å². The van der Waals surface area contributed by atoms with Crippen molar-refractivity contribution in [3.8, 4) is 5.69 Å². The van der Waals surface area contributed by atoms with E-state index in [0.29, 0.717) is 12.2 Å². The molecular weight excluding hydrogens is 320 g/mol. The Morgan fingerprint density at radius 3 is 2.50 bits per heavy atom. The largest absolute Gasteiger partial charge is 0.351 e. The van der Waals surface area contributed by atoms with Crippen molar-refractivity contribution in [3.05, 3.63) is 72.6 Å². The quantitative estimate of drug-likeness (QED) is 0.531. The average Bonchev–Trinajstić information content (AvgIpc) is 3.13. The highest BCUT2D eigenvalue weighted by molar-refractivity contribution is 7.99. The summed E-state index contributed by atoms with van der Waals surface area (Å²) < 4.78 is 0. The molecule has 1 N–H and O–H groups in total. The van der Waals surface area contributed by atoms with E-state index in [9.17, 15) is 4.79 Å². The Kier molecular flexibility index (Phi) is 5.63. The van der Waals surface area contributed by atoms with Crippen LogP contribution in [-0.4, -0.2) is 33.2 Å². The van der Waals surface area contributed by atoms with E-state index in [1.54, 1.807) is 11.8 Å². The van der Waals surface area contributed by atoms with Crippen molar-refractivity contribution in [3.63, 3.8) is 0 Å². The molecule has 0 atom stereocenters. The highest BCUT2D eigenvalue weighted by atomic mass is 32.2. The average molecular weight is 338 g/mol. The number of hydrogen-bond acceptors (Lipinski definition) is 4. The third-order valence-electron chi connectivity index (χ3n) is 3.33. The lowest BCUT2D eigenvalue weighted by molar-refractivity contribution is 0.0948. The van der Waals surface area contributed by atoms with E-state index in [2.05, 4.69) is 27.6 Å². The minimum Gasteiger partial charge on any atom is -0.351 e. The number of benzene rings is 2. The number of para-hydroxylation sites is 1. The van der Waals surface area contributed by atoms with Crippen LogP contribution in [0.25, 0.3) is 5.69 Å². The number of amides is 1. The van der Waals surface area contributed by atoms with Crippen LogP contribution in [0.3, 0.4) is 0 Å². The molecule has 24 heavy (non-hydrogen) atoms. The number of carbonyl (C=O) groups excluding carboxylic acids is 1. The molecule has 0 saturated carbocycles. The highest BCUT2D eigenvalue weighted by Gasteiger charge is 2.10. The summed E-state index contributed by atoms with van der Waals surface area (Å²) in [4.78, 5) is 14.8. The Bertz CT molecular complexity index is 774. The normalized spacial score (nSPS) is 10.5. The molecule has 0 bridgehead atoms. The molecule has 3 aromatic rings. The van der Waals surface area contributed by atoms with Gasteiger partial charge in [0, 0.05) is 11.4 Å². The third kappa shape index (κ3) is 4.45. The molecule has 1 amide bonds. The summed E-state index contributed by atoms with van der Waals surface area (Å²) in [6, 6.07) is 19.8. The van der Waals surface area contributed by atoms with E-state index < -0.39 is 0 Å². The third-order valence-corrected chi connectivity index (χ3v) is 4.43. The van der Waals surface area contributed by atoms with E-state index in [4.69, 9.17) is 0 Å². The Morgan fingerprint density at radius 1 is 1.04 bits per heavy atom. The number of hydrogen-bond donors (Lipinski definition) is 1. The second kappa shape index (κ2) is 8.31. The van der Waals surface area contributed by atoms with Crippen molar-refractivity contribution >= 4 is 17.7 Å². The van der Waals surface area contributed by atoms with Crippen LogP contribution in [0, 0.1) is 0 Å². The van der Waals surface area contributed by atoms with Crippen LogP contribution in [0.5, 0.6) is 0 Å². The standard InChI is InChI=1S/C18H18N4OS/c23-18(19-12-7-13-24-16-10-5-2-6-11-16)17-14-20-22(21-17)15-8-3-1-4-9-15/h1-6,8-11,14H,7,12-13H2,(H,19,23). The van der Waals surface area contributed by atoms with E-state index in [0.717, 1.165) is 17.9 Å². The first-order valence-electron chi connectivity index (χ1n) is 7.77. The smallest absolute Gasteiger partial charge is 0.273 e. The molecule has 1 aromatic heterocycles. The van der Waals surface area contributed by atoms with E-state index in [-0.39, 0.29) is 5.91 Å². The van der Waals surface area contributed by atoms with Gasteiger partial charge in [0.2, 0.25) is 0 Å². The maximum absolute atomic E-state index is 12.1. The minimum absolute atomic E-state index is 0.193. The van der Waals surface area contributed by atoms with Crippen molar-refractivity contribution in [2.75, 3.05) is 12.3 Å². The molecule has 122 valence electrons. The number of carbonyl (C=O) groups is 1. The molecule has 5 nitrogen and oxygen atoms in total. The Labute approximate surface area is 145 Å². The maximum atomic E-state index is 12.1. The first kappa shape index (κ1) is 16.3. The van der Waals surface area contributed by atoms with Crippen molar-refractivity contribution in [1.29, 1.82) is 0 Å². The van der Waals surface area contributed by atoms with E-state index >= 15 is 0 Å². The number of rotatable bonds is 7. The van der Waals surface area contributed by atoms with Gasteiger partial charge in [-0.15, -0.1) is 16.9 Å². The Morgan fingerprint density at radius 2 is 1.75 bits per heavy atom. The lowest BCUT2D eigenvalue weighted by atomic mass is 10.3. The van der Waals surface area contributed by atoms with Crippen LogP contribution in [-0.2, 0) is 0 Å². The van der Waals surface area contributed by atoms with Crippen LogP contribution < -0.4 is 5.32 Å². The van der Waals surface area contributed by atoms with Crippen LogP contribution >= 0.6 is 11.8 Å². The maximum Gasteiger partial charge on any atom is 0.273 e. The van der Waals surface area contributed by atoms with Gasteiger partial charge in [0.1, 0.15) is 0 Å². The van der Waals surface area contributed by atoms with Crippen molar-refractivity contribution in [2.24, 2.45) is 0 Å². The number of thioether (sulfide) groups is 1. The molecule has 3 rings (SSSR count).